The average molecular weight is 447 g/mol. The topological polar surface area (TPSA) is 130 Å². The fourth-order valence-electron chi connectivity index (χ4n) is 4.69. The molecule has 2 aliphatic rings. The largest absolute Gasteiger partial charge is 0.393 e. The van der Waals surface area contributed by atoms with E-state index < -0.39 is 6.10 Å². The van der Waals surface area contributed by atoms with Crippen molar-refractivity contribution in [3.05, 3.63) is 42.4 Å². The van der Waals surface area contributed by atoms with Crippen LogP contribution in [0, 0.1) is 0 Å². The molecule has 1 amide bonds. The van der Waals surface area contributed by atoms with Crippen LogP contribution in [-0.2, 0) is 0 Å². The lowest BCUT2D eigenvalue weighted by Gasteiger charge is -2.32. The summed E-state index contributed by atoms with van der Waals surface area (Å²) in [6.45, 7) is 0. The first-order valence-corrected chi connectivity index (χ1v) is 11.2. The van der Waals surface area contributed by atoms with Gasteiger partial charge in [-0.3, -0.25) is 4.79 Å². The Bertz CT molecular complexity index is 1370. The molecule has 0 unspecified atom stereocenters. The smallest absolute Gasteiger partial charge is 0.257 e. The van der Waals surface area contributed by atoms with Gasteiger partial charge in [-0.15, -0.1) is 0 Å². The second kappa shape index (κ2) is 7.53. The Hall–Kier alpha value is -3.50. The number of aliphatic hydroxyl groups is 2. The third-order valence-corrected chi connectivity index (χ3v) is 6.87. The van der Waals surface area contributed by atoms with Crippen molar-refractivity contribution in [3.63, 3.8) is 0 Å². The molecule has 2 aliphatic carbocycles. The summed E-state index contributed by atoms with van der Waals surface area (Å²) >= 11 is 0. The first-order chi connectivity index (χ1) is 16.0. The molecule has 2 atom stereocenters. The van der Waals surface area contributed by atoms with E-state index >= 15 is 0 Å². The lowest BCUT2D eigenvalue weighted by molar-refractivity contribution is 0.0448. The lowest BCUT2D eigenvalue weighted by Crippen LogP contribution is -2.50. The van der Waals surface area contributed by atoms with Gasteiger partial charge in [-0.05, 0) is 37.8 Å². The van der Waals surface area contributed by atoms with Crippen molar-refractivity contribution >= 4 is 28.4 Å². The fraction of sp³-hybridized carbons (Fsp3) is 0.391. The van der Waals surface area contributed by atoms with Gasteiger partial charge >= 0.3 is 0 Å². The molecule has 33 heavy (non-hydrogen) atoms. The van der Waals surface area contributed by atoms with Crippen molar-refractivity contribution in [1.29, 1.82) is 0 Å². The molecule has 10 nitrogen and oxygen atoms in total. The third kappa shape index (κ3) is 3.17. The Labute approximate surface area is 189 Å². The van der Waals surface area contributed by atoms with Gasteiger partial charge in [-0.2, -0.15) is 9.61 Å². The molecule has 4 aromatic heterocycles. The zero-order chi connectivity index (χ0) is 22.7. The average Bonchev–Trinajstić information content (AvgIpc) is 3.40. The summed E-state index contributed by atoms with van der Waals surface area (Å²) in [4.78, 5) is 22.3. The van der Waals surface area contributed by atoms with Gasteiger partial charge in [0.2, 0.25) is 0 Å². The van der Waals surface area contributed by atoms with E-state index in [4.69, 9.17) is 4.98 Å². The van der Waals surface area contributed by atoms with Crippen LogP contribution in [0.5, 0.6) is 0 Å². The number of fused-ring (bicyclic) bond motifs is 2. The minimum Gasteiger partial charge on any atom is -0.393 e. The summed E-state index contributed by atoms with van der Waals surface area (Å²) in [7, 11) is 1.80. The Morgan fingerprint density at radius 3 is 2.76 bits per heavy atom. The minimum absolute atomic E-state index is 0.198. The predicted octanol–water partition coefficient (Wildman–Crippen LogP) is 1.74. The standard InChI is InChI=1S/C23H25N7O3/c1-24-20-9-18(16-11-29(12-7-13(31)8-12)21-14(16)3-2-6-25-21)27-22-15(10-26-30(20)22)23(33)28-17-4-5-19(17)32/h2-3,6,9-13,17,19,24,31-32H,4-5,7-8H2,1H3,(H,28,33)/t12-,13+,17-,19-/m1/s1. The van der Waals surface area contributed by atoms with Crippen molar-refractivity contribution in [2.24, 2.45) is 0 Å². The van der Waals surface area contributed by atoms with Gasteiger partial charge in [0, 0.05) is 42.5 Å². The van der Waals surface area contributed by atoms with E-state index in [1.165, 1.54) is 6.20 Å². The molecule has 0 spiro atoms. The van der Waals surface area contributed by atoms with Crippen molar-refractivity contribution in [1.82, 2.24) is 29.5 Å². The molecular weight excluding hydrogens is 422 g/mol. The minimum atomic E-state index is -0.504. The van der Waals surface area contributed by atoms with Gasteiger partial charge in [0.05, 0.1) is 30.1 Å². The van der Waals surface area contributed by atoms with Crippen LogP contribution in [0.2, 0.25) is 0 Å². The Kier molecular flexibility index (Phi) is 4.59. The molecule has 2 fully saturated rings. The molecule has 6 rings (SSSR count). The second-order valence-electron chi connectivity index (χ2n) is 8.90. The highest BCUT2D eigenvalue weighted by Gasteiger charge is 2.32. The normalized spacial score (nSPS) is 24.5. The molecule has 10 heteroatoms. The molecular formula is C23H25N7O3. The molecule has 0 bridgehead atoms. The number of rotatable bonds is 5. The highest BCUT2D eigenvalue weighted by atomic mass is 16.3. The molecule has 0 aromatic carbocycles. The third-order valence-electron chi connectivity index (χ3n) is 6.87. The zero-order valence-electron chi connectivity index (χ0n) is 18.1. The molecule has 0 radical (unpaired) electrons. The number of aliphatic hydroxyl groups excluding tert-OH is 2. The predicted molar refractivity (Wildman–Crippen MR) is 122 cm³/mol. The quantitative estimate of drug-likeness (QED) is 0.367. The van der Waals surface area contributed by atoms with Crippen LogP contribution < -0.4 is 10.6 Å². The van der Waals surface area contributed by atoms with Gasteiger partial charge in [0.25, 0.3) is 5.91 Å². The van der Waals surface area contributed by atoms with Crippen molar-refractivity contribution in [2.75, 3.05) is 12.4 Å². The van der Waals surface area contributed by atoms with E-state index in [0.717, 1.165) is 23.0 Å². The first-order valence-electron chi connectivity index (χ1n) is 11.2. The van der Waals surface area contributed by atoms with Gasteiger partial charge in [0.15, 0.2) is 5.65 Å². The number of nitrogens with zero attached hydrogens (tertiary/aromatic N) is 5. The summed E-state index contributed by atoms with van der Waals surface area (Å²) in [6.07, 6.45) is 7.39. The van der Waals surface area contributed by atoms with E-state index in [-0.39, 0.29) is 24.1 Å². The van der Waals surface area contributed by atoms with Crippen molar-refractivity contribution in [3.8, 4) is 11.3 Å². The van der Waals surface area contributed by atoms with Crippen LogP contribution >= 0.6 is 0 Å². The lowest BCUT2D eigenvalue weighted by atomic mass is 9.89. The molecule has 0 aliphatic heterocycles. The van der Waals surface area contributed by atoms with Crippen LogP contribution in [0.25, 0.3) is 27.9 Å². The maximum Gasteiger partial charge on any atom is 0.257 e. The van der Waals surface area contributed by atoms with Gasteiger partial charge in [-0.1, -0.05) is 0 Å². The molecule has 4 N–H and O–H groups in total. The van der Waals surface area contributed by atoms with Crippen molar-refractivity contribution < 1.29 is 15.0 Å². The number of hydrogen-bond donors (Lipinski definition) is 4. The van der Waals surface area contributed by atoms with Crippen molar-refractivity contribution in [2.45, 2.75) is 50.0 Å². The Balaban J connectivity index is 1.46. The van der Waals surface area contributed by atoms with Crippen LogP contribution in [0.1, 0.15) is 42.1 Å². The number of carbonyl (C=O) groups excluding carboxylic acids is 1. The number of anilines is 1. The Morgan fingerprint density at radius 1 is 1.21 bits per heavy atom. The van der Waals surface area contributed by atoms with Gasteiger partial charge in [-0.25, -0.2) is 9.97 Å². The molecule has 4 aromatic rings. The van der Waals surface area contributed by atoms with E-state index in [2.05, 4.69) is 25.3 Å². The summed E-state index contributed by atoms with van der Waals surface area (Å²) in [5, 5.41) is 31.0. The summed E-state index contributed by atoms with van der Waals surface area (Å²) in [5.74, 6) is 0.398. The van der Waals surface area contributed by atoms with Crippen LogP contribution in [0.3, 0.4) is 0 Å². The SMILES string of the molecule is CNc1cc(-c2cn([C@H]3C[C@@H](O)C3)c3ncccc23)nc2c(C(=O)N[C@@H]3CC[C@H]3O)cnn12. The highest BCUT2D eigenvalue weighted by Crippen LogP contribution is 2.38. The number of pyridine rings is 1. The van der Waals surface area contributed by atoms with Crippen LogP contribution in [0.4, 0.5) is 5.82 Å². The van der Waals surface area contributed by atoms with E-state index in [0.29, 0.717) is 42.0 Å². The first kappa shape index (κ1) is 20.1. The van der Waals surface area contributed by atoms with E-state index in [1.54, 1.807) is 17.8 Å². The van der Waals surface area contributed by atoms with E-state index in [1.807, 2.05) is 24.4 Å². The number of carbonyl (C=O) groups is 1. The van der Waals surface area contributed by atoms with Crippen LogP contribution in [-0.4, -0.2) is 65.6 Å². The Morgan fingerprint density at radius 2 is 2.06 bits per heavy atom. The van der Waals surface area contributed by atoms with Crippen LogP contribution in [0.15, 0.2) is 36.8 Å². The molecule has 0 saturated heterocycles. The molecule has 170 valence electrons. The fourth-order valence-corrected chi connectivity index (χ4v) is 4.69. The zero-order valence-corrected chi connectivity index (χ0v) is 18.1. The number of aromatic nitrogens is 5. The molecule has 2 saturated carbocycles. The maximum atomic E-state index is 12.9. The maximum absolute atomic E-state index is 12.9. The highest BCUT2D eigenvalue weighted by molar-refractivity contribution is 6.01. The summed E-state index contributed by atoms with van der Waals surface area (Å²) < 4.78 is 3.72. The molecule has 4 heterocycles. The number of hydrogen-bond acceptors (Lipinski definition) is 7. The number of nitrogens with one attached hydrogen (secondary N) is 2. The van der Waals surface area contributed by atoms with Gasteiger partial charge in [0.1, 0.15) is 17.0 Å². The van der Waals surface area contributed by atoms with E-state index in [9.17, 15) is 15.0 Å². The summed E-state index contributed by atoms with van der Waals surface area (Å²) in [6, 6.07) is 5.77. The monoisotopic (exact) mass is 447 g/mol. The second-order valence-corrected chi connectivity index (χ2v) is 8.90. The summed E-state index contributed by atoms with van der Waals surface area (Å²) in [5.41, 5.74) is 3.24. The van der Waals surface area contributed by atoms with Gasteiger partial charge < -0.3 is 25.4 Å². The number of amides is 1.